The lowest BCUT2D eigenvalue weighted by Gasteiger charge is -2.10. The molecule has 0 fully saturated rings. The van der Waals surface area contributed by atoms with E-state index < -0.39 is 12.0 Å². The third-order valence-electron chi connectivity index (χ3n) is 2.27. The molecule has 0 spiro atoms. The third-order valence-corrected chi connectivity index (χ3v) is 2.27. The van der Waals surface area contributed by atoms with Crippen molar-refractivity contribution in [3.8, 4) is 0 Å². The Labute approximate surface area is 108 Å². The van der Waals surface area contributed by atoms with Gasteiger partial charge < -0.3 is 10.2 Å². The second-order valence-corrected chi connectivity index (χ2v) is 3.66. The number of aliphatic hydroxyl groups excluding tert-OH is 1. The van der Waals surface area contributed by atoms with E-state index in [4.69, 9.17) is 15.7 Å². The lowest BCUT2D eigenvalue weighted by Crippen LogP contribution is -2.30. The van der Waals surface area contributed by atoms with E-state index in [1.807, 2.05) is 0 Å². The summed E-state index contributed by atoms with van der Waals surface area (Å²) in [5.41, 5.74) is 8.36. The Morgan fingerprint density at radius 2 is 2.47 bits per heavy atom. The van der Waals surface area contributed by atoms with Gasteiger partial charge in [-0.3, -0.25) is 10.1 Å². The van der Waals surface area contributed by atoms with E-state index in [-0.39, 0.29) is 18.8 Å². The fourth-order valence-electron chi connectivity index (χ4n) is 1.42. The van der Waals surface area contributed by atoms with E-state index in [1.165, 1.54) is 10.9 Å². The maximum Gasteiger partial charge on any atom is 0.327 e. The number of aliphatic carboxylic acids is 1. The normalized spacial score (nSPS) is 11.8. The van der Waals surface area contributed by atoms with Gasteiger partial charge in [-0.2, -0.15) is 0 Å². The van der Waals surface area contributed by atoms with E-state index in [9.17, 15) is 4.79 Å². The van der Waals surface area contributed by atoms with Crippen LogP contribution in [0.3, 0.4) is 0 Å². The molecule has 0 aliphatic rings. The molecule has 0 saturated heterocycles. The predicted octanol–water partition coefficient (Wildman–Crippen LogP) is -0.314. The fourth-order valence-corrected chi connectivity index (χ4v) is 1.42. The summed E-state index contributed by atoms with van der Waals surface area (Å²) in [5, 5.41) is 31.4. The molecular formula is C9H15N7O3. The molecule has 104 valence electrons. The molecular weight excluding hydrogens is 254 g/mol. The Bertz CT molecular complexity index is 454. The van der Waals surface area contributed by atoms with Crippen molar-refractivity contribution >= 4 is 5.97 Å². The summed E-state index contributed by atoms with van der Waals surface area (Å²) in [5.74, 6) is -1.07. The molecule has 0 amide bonds. The number of aromatic nitrogens is 3. The molecule has 1 rings (SSSR count). The van der Waals surface area contributed by atoms with Crippen molar-refractivity contribution in [2.75, 3.05) is 19.7 Å². The van der Waals surface area contributed by atoms with Crippen LogP contribution in [-0.4, -0.2) is 50.9 Å². The first kappa shape index (κ1) is 14.9. The first-order chi connectivity index (χ1) is 9.19. The summed E-state index contributed by atoms with van der Waals surface area (Å²) in [4.78, 5) is 13.7. The number of nitrogens with zero attached hydrogens (tertiary/aromatic N) is 6. The van der Waals surface area contributed by atoms with Gasteiger partial charge in [0.15, 0.2) is 6.04 Å². The van der Waals surface area contributed by atoms with Crippen LogP contribution in [0.25, 0.3) is 10.4 Å². The lowest BCUT2D eigenvalue weighted by atomic mass is 10.2. The van der Waals surface area contributed by atoms with Crippen LogP contribution < -0.4 is 5.32 Å². The van der Waals surface area contributed by atoms with Gasteiger partial charge in [-0.05, 0) is 18.5 Å². The molecule has 0 aliphatic heterocycles. The molecule has 1 aromatic heterocycles. The zero-order valence-electron chi connectivity index (χ0n) is 10.2. The zero-order valence-corrected chi connectivity index (χ0v) is 10.2. The number of nitrogens with one attached hydrogen (secondary N) is 1. The van der Waals surface area contributed by atoms with Gasteiger partial charge in [-0.25, -0.2) is 4.68 Å². The topological polar surface area (TPSA) is 149 Å². The number of aliphatic hydroxyl groups is 1. The first-order valence-electron chi connectivity index (χ1n) is 5.67. The largest absolute Gasteiger partial charge is 0.480 e. The second kappa shape index (κ2) is 8.03. The molecule has 10 heteroatoms. The van der Waals surface area contributed by atoms with Crippen LogP contribution in [0.4, 0.5) is 0 Å². The minimum absolute atomic E-state index is 0.0971. The average molecular weight is 269 g/mol. The van der Waals surface area contributed by atoms with Crippen molar-refractivity contribution in [3.05, 3.63) is 22.3 Å². The highest BCUT2D eigenvalue weighted by Crippen LogP contribution is 2.09. The van der Waals surface area contributed by atoms with Gasteiger partial charge in [-0.15, -0.1) is 5.10 Å². The molecule has 1 heterocycles. The smallest absolute Gasteiger partial charge is 0.327 e. The third kappa shape index (κ3) is 4.92. The molecule has 1 aromatic rings. The van der Waals surface area contributed by atoms with E-state index in [2.05, 4.69) is 25.7 Å². The molecule has 0 bridgehead atoms. The van der Waals surface area contributed by atoms with Crippen LogP contribution in [0, 0.1) is 0 Å². The van der Waals surface area contributed by atoms with Gasteiger partial charge in [0.1, 0.15) is 5.69 Å². The Morgan fingerprint density at radius 1 is 1.68 bits per heavy atom. The van der Waals surface area contributed by atoms with Crippen molar-refractivity contribution in [1.29, 1.82) is 0 Å². The Hall–Kier alpha value is -2.16. The number of hydrogen-bond donors (Lipinski definition) is 3. The quantitative estimate of drug-likeness (QED) is 0.242. The van der Waals surface area contributed by atoms with Gasteiger partial charge >= 0.3 is 5.97 Å². The fraction of sp³-hybridized carbons (Fsp3) is 0.667. The van der Waals surface area contributed by atoms with E-state index in [0.717, 1.165) is 0 Å². The van der Waals surface area contributed by atoms with Gasteiger partial charge in [-0.1, -0.05) is 10.3 Å². The van der Waals surface area contributed by atoms with Crippen LogP contribution in [-0.2, 0) is 11.3 Å². The number of azide groups is 1. The van der Waals surface area contributed by atoms with Gasteiger partial charge in [0.2, 0.25) is 0 Å². The molecule has 0 aliphatic carbocycles. The highest BCUT2D eigenvalue weighted by atomic mass is 16.4. The van der Waals surface area contributed by atoms with Crippen LogP contribution in [0.5, 0.6) is 0 Å². The molecule has 1 atom stereocenters. The summed E-state index contributed by atoms with van der Waals surface area (Å²) in [6.45, 7) is 0.840. The van der Waals surface area contributed by atoms with Crippen molar-refractivity contribution in [2.24, 2.45) is 5.11 Å². The summed E-state index contributed by atoms with van der Waals surface area (Å²) < 4.78 is 1.37. The number of carbonyl (C=O) groups is 1. The molecule has 1 unspecified atom stereocenters. The van der Waals surface area contributed by atoms with Crippen LogP contribution in [0.2, 0.25) is 0 Å². The summed E-state index contributed by atoms with van der Waals surface area (Å²) in [6.07, 6.45) is 1.99. The van der Waals surface area contributed by atoms with Crippen LogP contribution in [0.1, 0.15) is 18.2 Å². The van der Waals surface area contributed by atoms with E-state index in [0.29, 0.717) is 19.5 Å². The van der Waals surface area contributed by atoms with Gasteiger partial charge in [0.05, 0.1) is 19.3 Å². The van der Waals surface area contributed by atoms with E-state index >= 15 is 0 Å². The minimum Gasteiger partial charge on any atom is -0.480 e. The van der Waals surface area contributed by atoms with Gasteiger partial charge in [0, 0.05) is 11.5 Å². The molecule has 0 radical (unpaired) electrons. The maximum absolute atomic E-state index is 11.1. The average Bonchev–Trinajstić information content (AvgIpc) is 2.82. The number of rotatable bonds is 9. The van der Waals surface area contributed by atoms with Crippen molar-refractivity contribution in [2.45, 2.75) is 19.0 Å². The Morgan fingerprint density at radius 3 is 3.11 bits per heavy atom. The summed E-state index contributed by atoms with van der Waals surface area (Å²) in [6, 6.07) is -0.974. The van der Waals surface area contributed by atoms with Crippen molar-refractivity contribution in [1.82, 2.24) is 20.3 Å². The second-order valence-electron chi connectivity index (χ2n) is 3.66. The van der Waals surface area contributed by atoms with Crippen molar-refractivity contribution < 1.29 is 15.0 Å². The van der Waals surface area contributed by atoms with E-state index in [1.54, 1.807) is 0 Å². The zero-order chi connectivity index (χ0) is 14.1. The Balaban J connectivity index is 2.55. The first-order valence-corrected chi connectivity index (χ1v) is 5.67. The number of carboxylic acid groups (broad SMARTS) is 1. The van der Waals surface area contributed by atoms with Gasteiger partial charge in [0.25, 0.3) is 0 Å². The highest BCUT2D eigenvalue weighted by Gasteiger charge is 2.22. The molecule has 0 saturated carbocycles. The maximum atomic E-state index is 11.1. The molecule has 19 heavy (non-hydrogen) atoms. The van der Waals surface area contributed by atoms with Crippen LogP contribution in [0.15, 0.2) is 11.3 Å². The number of carboxylic acids is 1. The van der Waals surface area contributed by atoms with Crippen molar-refractivity contribution in [3.63, 3.8) is 0 Å². The molecule has 0 aromatic carbocycles. The SMILES string of the molecule is [N-]=[N+]=NCCCNC(C(=O)O)c1cn(CCO)nn1. The molecule has 3 N–H and O–H groups in total. The minimum atomic E-state index is -1.07. The molecule has 10 nitrogen and oxygen atoms in total. The lowest BCUT2D eigenvalue weighted by molar-refractivity contribution is -0.139. The predicted molar refractivity (Wildman–Crippen MR) is 64.1 cm³/mol. The number of hydrogen-bond acceptors (Lipinski definition) is 6. The Kier molecular flexibility index (Phi) is 6.30. The summed E-state index contributed by atoms with van der Waals surface area (Å²) >= 11 is 0. The highest BCUT2D eigenvalue weighted by molar-refractivity contribution is 5.74. The van der Waals surface area contributed by atoms with Crippen LogP contribution >= 0.6 is 0 Å². The monoisotopic (exact) mass is 269 g/mol. The standard InChI is InChI=1S/C9H15N7O3/c10-14-12-3-1-2-11-8(9(18)19)7-6-16(4-5-17)15-13-7/h6,8,11,17H,1-5H2,(H,18,19). The summed E-state index contributed by atoms with van der Waals surface area (Å²) in [7, 11) is 0.